The van der Waals surface area contributed by atoms with Gasteiger partial charge in [0, 0.05) is 5.57 Å². The zero-order valence-electron chi connectivity index (χ0n) is 6.18. The van der Waals surface area contributed by atoms with Crippen molar-refractivity contribution in [1.29, 1.82) is 0 Å². The first kappa shape index (κ1) is 9.17. The van der Waals surface area contributed by atoms with Gasteiger partial charge in [0.25, 0.3) is 0 Å². The zero-order chi connectivity index (χ0) is 7.98. The minimum Gasteiger partial charge on any atom is -0.376 e. The van der Waals surface area contributed by atoms with Gasteiger partial charge >= 0.3 is 0 Å². The van der Waals surface area contributed by atoms with Crippen LogP contribution in [0.3, 0.4) is 0 Å². The minimum atomic E-state index is -0.318. The maximum absolute atomic E-state index is 10.8. The van der Waals surface area contributed by atoms with Gasteiger partial charge in [-0.3, -0.25) is 4.79 Å². The smallest absolute Gasteiger partial charge is 0.248 e. The van der Waals surface area contributed by atoms with Crippen LogP contribution in [0.4, 0.5) is 0 Å². The first-order valence-electron chi connectivity index (χ1n) is 3.29. The highest BCUT2D eigenvalue weighted by Crippen LogP contribution is 2.00. The molecule has 0 aliphatic carbocycles. The Balaban J connectivity index is 3.60. The molecule has 0 atom stereocenters. The summed E-state index contributed by atoms with van der Waals surface area (Å²) in [6.45, 7) is 5.19. The average Bonchev–Trinajstić information content (AvgIpc) is 1.89. The molecule has 0 fully saturated rings. The number of aliphatic hydroxyl groups is 1. The normalized spacial score (nSPS) is 9.00. The fourth-order valence-corrected chi connectivity index (χ4v) is 0.612. The van der Waals surface area contributed by atoms with Crippen LogP contribution < -0.4 is 5.32 Å². The molecule has 0 rings (SSSR count). The molecule has 10 heavy (non-hydrogen) atoms. The molecular formula is C7H13NO2. The maximum atomic E-state index is 10.8. The molecule has 0 aromatic carbocycles. The van der Waals surface area contributed by atoms with Crippen LogP contribution in [0.2, 0.25) is 0 Å². The van der Waals surface area contributed by atoms with Crippen LogP contribution in [0.15, 0.2) is 12.2 Å². The molecule has 0 saturated carbocycles. The Labute approximate surface area is 60.7 Å². The molecule has 0 aromatic rings. The first-order chi connectivity index (χ1) is 4.72. The van der Waals surface area contributed by atoms with Gasteiger partial charge in [-0.25, -0.2) is 0 Å². The van der Waals surface area contributed by atoms with E-state index in [4.69, 9.17) is 5.11 Å². The summed E-state index contributed by atoms with van der Waals surface area (Å²) in [6, 6.07) is 0. The molecule has 0 unspecified atom stereocenters. The summed E-state index contributed by atoms with van der Waals surface area (Å²) in [4.78, 5) is 10.8. The van der Waals surface area contributed by atoms with Crippen LogP contribution in [0.1, 0.15) is 19.8 Å². The van der Waals surface area contributed by atoms with E-state index in [0.29, 0.717) is 12.0 Å². The maximum Gasteiger partial charge on any atom is 0.248 e. The second kappa shape index (κ2) is 4.99. The third-order valence-electron chi connectivity index (χ3n) is 1.11. The molecule has 3 nitrogen and oxygen atoms in total. The fraction of sp³-hybridized carbons (Fsp3) is 0.571. The Morgan fingerprint density at radius 3 is 2.70 bits per heavy atom. The van der Waals surface area contributed by atoms with Crippen LogP contribution in [-0.4, -0.2) is 17.7 Å². The number of carbonyl (C=O) groups is 1. The number of aliphatic hydroxyl groups excluding tert-OH is 1. The Bertz CT molecular complexity index is 116. The van der Waals surface area contributed by atoms with Crippen molar-refractivity contribution in [3.8, 4) is 0 Å². The van der Waals surface area contributed by atoms with Crippen LogP contribution in [-0.2, 0) is 4.79 Å². The van der Waals surface area contributed by atoms with Gasteiger partial charge in [-0.2, -0.15) is 0 Å². The van der Waals surface area contributed by atoms with E-state index in [1.54, 1.807) is 0 Å². The molecule has 0 aromatic heterocycles. The van der Waals surface area contributed by atoms with Gasteiger partial charge in [-0.05, 0) is 6.42 Å². The fourth-order valence-electron chi connectivity index (χ4n) is 0.612. The van der Waals surface area contributed by atoms with E-state index in [9.17, 15) is 4.79 Å². The number of amides is 1. The molecule has 0 spiro atoms. The standard InChI is InChI=1S/C7H13NO2/c1-3-4-6(2)7(10)8-5-9/h9H,2-5H2,1H3,(H,8,10). The zero-order valence-corrected chi connectivity index (χ0v) is 6.18. The van der Waals surface area contributed by atoms with Crippen molar-refractivity contribution in [3.63, 3.8) is 0 Å². The molecule has 1 amide bonds. The van der Waals surface area contributed by atoms with Gasteiger partial charge in [-0.1, -0.05) is 19.9 Å². The number of nitrogens with one attached hydrogen (secondary N) is 1. The lowest BCUT2D eigenvalue weighted by Gasteiger charge is -2.01. The summed E-state index contributed by atoms with van der Waals surface area (Å²) in [5.74, 6) is -0.260. The molecular weight excluding hydrogens is 130 g/mol. The summed E-state index contributed by atoms with van der Waals surface area (Å²) in [5, 5.41) is 10.5. The third kappa shape index (κ3) is 3.25. The number of hydrogen-bond donors (Lipinski definition) is 2. The third-order valence-corrected chi connectivity index (χ3v) is 1.11. The van der Waals surface area contributed by atoms with E-state index in [2.05, 4.69) is 11.9 Å². The highest BCUT2D eigenvalue weighted by Gasteiger charge is 2.02. The lowest BCUT2D eigenvalue weighted by Crippen LogP contribution is -2.25. The molecule has 0 bridgehead atoms. The Kier molecular flexibility index (Phi) is 4.58. The van der Waals surface area contributed by atoms with E-state index in [1.165, 1.54) is 0 Å². The second-order valence-electron chi connectivity index (χ2n) is 2.02. The average molecular weight is 143 g/mol. The van der Waals surface area contributed by atoms with E-state index < -0.39 is 0 Å². The van der Waals surface area contributed by atoms with Crippen molar-refractivity contribution in [3.05, 3.63) is 12.2 Å². The molecule has 0 heterocycles. The summed E-state index contributed by atoms with van der Waals surface area (Å²) < 4.78 is 0. The van der Waals surface area contributed by atoms with E-state index >= 15 is 0 Å². The highest BCUT2D eigenvalue weighted by molar-refractivity contribution is 5.92. The van der Waals surface area contributed by atoms with Gasteiger partial charge in [-0.15, -0.1) is 0 Å². The summed E-state index contributed by atoms with van der Waals surface area (Å²) in [7, 11) is 0. The summed E-state index contributed by atoms with van der Waals surface area (Å²) >= 11 is 0. The van der Waals surface area contributed by atoms with Gasteiger partial charge in [0.15, 0.2) is 0 Å². The molecule has 0 saturated heterocycles. The number of carbonyl (C=O) groups excluding carboxylic acids is 1. The lowest BCUT2D eigenvalue weighted by atomic mass is 10.2. The van der Waals surface area contributed by atoms with Gasteiger partial charge in [0.05, 0.1) is 0 Å². The predicted octanol–water partition coefficient (Wildman–Crippen LogP) is 0.409. The van der Waals surface area contributed by atoms with Crippen molar-refractivity contribution >= 4 is 5.91 Å². The van der Waals surface area contributed by atoms with Gasteiger partial charge < -0.3 is 10.4 Å². The topological polar surface area (TPSA) is 49.3 Å². The van der Waals surface area contributed by atoms with Gasteiger partial charge in [0.1, 0.15) is 6.73 Å². The van der Waals surface area contributed by atoms with Crippen molar-refractivity contribution in [1.82, 2.24) is 5.32 Å². The van der Waals surface area contributed by atoms with Gasteiger partial charge in [0.2, 0.25) is 5.91 Å². The molecule has 2 N–H and O–H groups in total. The summed E-state index contributed by atoms with van der Waals surface area (Å²) in [5.41, 5.74) is 0.525. The molecule has 3 heteroatoms. The predicted molar refractivity (Wildman–Crippen MR) is 39.3 cm³/mol. The monoisotopic (exact) mass is 143 g/mol. The Hall–Kier alpha value is -0.830. The van der Waals surface area contributed by atoms with Crippen molar-refractivity contribution in [2.24, 2.45) is 0 Å². The van der Waals surface area contributed by atoms with Crippen molar-refractivity contribution in [2.75, 3.05) is 6.73 Å². The van der Waals surface area contributed by atoms with Crippen molar-refractivity contribution in [2.45, 2.75) is 19.8 Å². The Morgan fingerprint density at radius 2 is 2.30 bits per heavy atom. The number of rotatable bonds is 4. The first-order valence-corrected chi connectivity index (χ1v) is 3.29. The molecule has 58 valence electrons. The van der Waals surface area contributed by atoms with Crippen LogP contribution in [0.5, 0.6) is 0 Å². The van der Waals surface area contributed by atoms with E-state index in [-0.39, 0.29) is 12.6 Å². The Morgan fingerprint density at radius 1 is 1.70 bits per heavy atom. The molecule has 0 radical (unpaired) electrons. The minimum absolute atomic E-state index is 0.260. The SMILES string of the molecule is C=C(CCC)C(=O)NCO. The number of hydrogen-bond acceptors (Lipinski definition) is 2. The van der Waals surface area contributed by atoms with Crippen molar-refractivity contribution < 1.29 is 9.90 Å². The van der Waals surface area contributed by atoms with E-state index in [0.717, 1.165) is 6.42 Å². The lowest BCUT2D eigenvalue weighted by molar-refractivity contribution is -0.118. The molecule has 0 aliphatic rings. The highest BCUT2D eigenvalue weighted by atomic mass is 16.3. The van der Waals surface area contributed by atoms with E-state index in [1.807, 2.05) is 6.92 Å². The molecule has 0 aliphatic heterocycles. The second-order valence-corrected chi connectivity index (χ2v) is 2.02. The van der Waals surface area contributed by atoms with Crippen LogP contribution >= 0.6 is 0 Å². The largest absolute Gasteiger partial charge is 0.376 e. The summed E-state index contributed by atoms with van der Waals surface area (Å²) in [6.07, 6.45) is 1.59. The van der Waals surface area contributed by atoms with Crippen LogP contribution in [0.25, 0.3) is 0 Å². The van der Waals surface area contributed by atoms with Crippen LogP contribution in [0, 0.1) is 0 Å². The quantitative estimate of drug-likeness (QED) is 0.442.